The topological polar surface area (TPSA) is 86.8 Å². The first kappa shape index (κ1) is 31.5. The van der Waals surface area contributed by atoms with E-state index in [-0.39, 0.29) is 23.4 Å². The normalized spacial score (nSPS) is 12.8. The second-order valence-electron chi connectivity index (χ2n) is 9.58. The molecule has 0 saturated heterocycles. The molecule has 0 bridgehead atoms. The average molecular weight is 605 g/mol. The Hall–Kier alpha value is -3.07. The molecule has 2 amide bonds. The minimum absolute atomic E-state index is 0.0494. The van der Waals surface area contributed by atoms with Crippen LogP contribution in [0.4, 0.5) is 5.69 Å². The Bertz CT molecular complexity index is 1410. The lowest BCUT2D eigenvalue weighted by atomic mass is 10.1. The summed E-state index contributed by atoms with van der Waals surface area (Å²) in [6.45, 7) is 6.81. The fourth-order valence-corrected chi connectivity index (χ4v) is 6.31. The van der Waals surface area contributed by atoms with E-state index in [0.717, 1.165) is 4.31 Å². The maximum absolute atomic E-state index is 14.2. The number of anilines is 1. The van der Waals surface area contributed by atoms with Crippen LogP contribution in [-0.4, -0.2) is 43.8 Å². The first-order valence-corrected chi connectivity index (χ1v) is 15.4. The summed E-state index contributed by atoms with van der Waals surface area (Å²) in [4.78, 5) is 29.0. The number of nitrogens with zero attached hydrogens (tertiary/aromatic N) is 2. The van der Waals surface area contributed by atoms with Crippen molar-refractivity contribution in [3.63, 3.8) is 0 Å². The van der Waals surface area contributed by atoms with Gasteiger partial charge in [0.15, 0.2) is 0 Å². The lowest BCUT2D eigenvalue weighted by molar-refractivity contribution is -0.140. The Morgan fingerprint density at radius 2 is 1.48 bits per heavy atom. The molecule has 3 aromatic carbocycles. The number of carbonyl (C=O) groups excluding carboxylic acids is 2. The fraction of sp³-hybridized carbons (Fsp3) is 0.333. The second kappa shape index (κ2) is 14.0. The molecule has 3 rings (SSSR count). The van der Waals surface area contributed by atoms with E-state index in [1.165, 1.54) is 17.0 Å². The SMILES string of the molecule is CC[C@H](C)NC(=O)[C@H](CC)N(Cc1c(Cl)cccc1Cl)C(=O)CN(c1ccccc1C)S(=O)(=O)c1ccccc1. The van der Waals surface area contributed by atoms with Crippen LogP contribution < -0.4 is 9.62 Å². The van der Waals surface area contributed by atoms with Gasteiger partial charge in [0.05, 0.1) is 10.6 Å². The van der Waals surface area contributed by atoms with Gasteiger partial charge < -0.3 is 10.2 Å². The number of aryl methyl sites for hydroxylation is 1. The molecule has 0 spiro atoms. The average Bonchev–Trinajstić information content (AvgIpc) is 2.93. The van der Waals surface area contributed by atoms with Crippen LogP contribution in [-0.2, 0) is 26.2 Å². The monoisotopic (exact) mass is 603 g/mol. The summed E-state index contributed by atoms with van der Waals surface area (Å²) in [7, 11) is -4.14. The van der Waals surface area contributed by atoms with E-state index in [9.17, 15) is 18.0 Å². The van der Waals surface area contributed by atoms with Crippen molar-refractivity contribution in [3.05, 3.63) is 94.0 Å². The highest BCUT2D eigenvalue weighted by molar-refractivity contribution is 7.92. The standard InChI is InChI=1S/C30H35Cl2N3O4S/c1-5-22(4)33-30(37)27(6-2)34(19-24-25(31)16-12-17-26(24)32)29(36)20-35(28-18-11-10-13-21(28)3)40(38,39)23-14-8-7-9-15-23/h7-18,22,27H,5-6,19-20H2,1-4H3,(H,33,37)/t22-,27-/m0/s1. The first-order valence-electron chi connectivity index (χ1n) is 13.2. The highest BCUT2D eigenvalue weighted by atomic mass is 35.5. The molecule has 214 valence electrons. The van der Waals surface area contributed by atoms with E-state index in [0.29, 0.717) is 39.7 Å². The number of nitrogens with one attached hydrogen (secondary N) is 1. The number of benzene rings is 3. The van der Waals surface area contributed by atoms with Crippen molar-refractivity contribution in [3.8, 4) is 0 Å². The molecule has 0 aliphatic carbocycles. The van der Waals surface area contributed by atoms with Crippen LogP contribution in [0.3, 0.4) is 0 Å². The molecule has 2 atom stereocenters. The molecule has 10 heteroatoms. The van der Waals surface area contributed by atoms with Gasteiger partial charge in [0.1, 0.15) is 12.6 Å². The zero-order chi connectivity index (χ0) is 29.4. The number of sulfonamides is 1. The van der Waals surface area contributed by atoms with Gasteiger partial charge in [-0.05, 0) is 62.6 Å². The molecule has 0 heterocycles. The van der Waals surface area contributed by atoms with Gasteiger partial charge in [0.2, 0.25) is 11.8 Å². The third-order valence-corrected chi connectivity index (χ3v) is 9.25. The quantitative estimate of drug-likeness (QED) is 0.266. The number of hydrogen-bond acceptors (Lipinski definition) is 4. The van der Waals surface area contributed by atoms with E-state index >= 15 is 0 Å². The van der Waals surface area contributed by atoms with E-state index in [1.807, 2.05) is 13.8 Å². The Kier molecular flexibility index (Phi) is 11.0. The summed E-state index contributed by atoms with van der Waals surface area (Å²) >= 11 is 12.9. The van der Waals surface area contributed by atoms with Gasteiger partial charge in [0, 0.05) is 28.2 Å². The molecule has 0 fully saturated rings. The highest BCUT2D eigenvalue weighted by Crippen LogP contribution is 2.30. The van der Waals surface area contributed by atoms with Gasteiger partial charge in [0.25, 0.3) is 10.0 Å². The molecule has 1 N–H and O–H groups in total. The van der Waals surface area contributed by atoms with Gasteiger partial charge in [-0.15, -0.1) is 0 Å². The van der Waals surface area contributed by atoms with Gasteiger partial charge in [-0.2, -0.15) is 0 Å². The third-order valence-electron chi connectivity index (χ3n) is 6.77. The van der Waals surface area contributed by atoms with Crippen LogP contribution in [0, 0.1) is 6.92 Å². The van der Waals surface area contributed by atoms with Crippen LogP contribution in [0.2, 0.25) is 10.0 Å². The van der Waals surface area contributed by atoms with E-state index in [4.69, 9.17) is 23.2 Å². The van der Waals surface area contributed by atoms with Crippen LogP contribution in [0.1, 0.15) is 44.7 Å². The molecular formula is C30H35Cl2N3O4S. The molecule has 0 radical (unpaired) electrons. The molecule has 0 aliphatic rings. The summed E-state index contributed by atoms with van der Waals surface area (Å²) in [5.74, 6) is -0.897. The van der Waals surface area contributed by atoms with E-state index < -0.39 is 28.5 Å². The fourth-order valence-electron chi connectivity index (χ4n) is 4.29. The van der Waals surface area contributed by atoms with Crippen molar-refractivity contribution in [1.29, 1.82) is 0 Å². The molecule has 0 aromatic heterocycles. The summed E-state index contributed by atoms with van der Waals surface area (Å²) < 4.78 is 28.9. The third kappa shape index (κ3) is 7.36. The van der Waals surface area contributed by atoms with Crippen molar-refractivity contribution in [1.82, 2.24) is 10.2 Å². The molecule has 7 nitrogen and oxygen atoms in total. The van der Waals surface area contributed by atoms with Crippen molar-refractivity contribution in [2.45, 2.75) is 64.1 Å². The smallest absolute Gasteiger partial charge is 0.264 e. The van der Waals surface area contributed by atoms with Crippen molar-refractivity contribution in [2.75, 3.05) is 10.8 Å². The van der Waals surface area contributed by atoms with Crippen molar-refractivity contribution in [2.24, 2.45) is 0 Å². The minimum atomic E-state index is -4.14. The number of halogens is 2. The van der Waals surface area contributed by atoms with Gasteiger partial charge in [-0.1, -0.05) is 79.5 Å². The van der Waals surface area contributed by atoms with Crippen molar-refractivity contribution < 1.29 is 18.0 Å². The summed E-state index contributed by atoms with van der Waals surface area (Å²) in [5.41, 5.74) is 1.52. The van der Waals surface area contributed by atoms with Crippen molar-refractivity contribution >= 4 is 50.7 Å². The van der Waals surface area contributed by atoms with E-state index in [1.54, 1.807) is 74.5 Å². The summed E-state index contributed by atoms with van der Waals surface area (Å²) in [5, 5.41) is 3.64. The Balaban J connectivity index is 2.10. The largest absolute Gasteiger partial charge is 0.352 e. The predicted octanol–water partition coefficient (Wildman–Crippen LogP) is 6.22. The van der Waals surface area contributed by atoms with Gasteiger partial charge >= 0.3 is 0 Å². The highest BCUT2D eigenvalue weighted by Gasteiger charge is 2.34. The minimum Gasteiger partial charge on any atom is -0.352 e. The molecule has 40 heavy (non-hydrogen) atoms. The summed E-state index contributed by atoms with van der Waals surface area (Å²) in [6.07, 6.45) is 1.01. The Morgan fingerprint density at radius 3 is 2.05 bits per heavy atom. The number of carbonyl (C=O) groups is 2. The Morgan fingerprint density at radius 1 is 0.875 bits per heavy atom. The Labute approximate surface area is 247 Å². The summed E-state index contributed by atoms with van der Waals surface area (Å²) in [6, 6.07) is 18.9. The number of amides is 2. The molecular weight excluding hydrogens is 569 g/mol. The first-order chi connectivity index (χ1) is 19.0. The molecule has 0 saturated carbocycles. The lowest BCUT2D eigenvalue weighted by Crippen LogP contribution is -2.53. The van der Waals surface area contributed by atoms with Gasteiger partial charge in [-0.3, -0.25) is 13.9 Å². The van der Waals surface area contributed by atoms with Gasteiger partial charge in [-0.25, -0.2) is 8.42 Å². The van der Waals surface area contributed by atoms with Crippen LogP contribution in [0.25, 0.3) is 0 Å². The van der Waals surface area contributed by atoms with Crippen LogP contribution in [0.5, 0.6) is 0 Å². The molecule has 0 unspecified atom stereocenters. The maximum Gasteiger partial charge on any atom is 0.264 e. The molecule has 0 aliphatic heterocycles. The number of para-hydroxylation sites is 1. The lowest BCUT2D eigenvalue weighted by Gasteiger charge is -2.34. The second-order valence-corrected chi connectivity index (χ2v) is 12.3. The predicted molar refractivity (Wildman–Crippen MR) is 161 cm³/mol. The van der Waals surface area contributed by atoms with E-state index in [2.05, 4.69) is 5.32 Å². The molecule has 3 aromatic rings. The number of hydrogen-bond donors (Lipinski definition) is 1. The number of rotatable bonds is 12. The zero-order valence-electron chi connectivity index (χ0n) is 23.1. The van der Waals surface area contributed by atoms with Crippen LogP contribution >= 0.6 is 23.2 Å². The zero-order valence-corrected chi connectivity index (χ0v) is 25.4. The maximum atomic E-state index is 14.2. The van der Waals surface area contributed by atoms with Crippen LogP contribution in [0.15, 0.2) is 77.7 Å².